The van der Waals surface area contributed by atoms with Crippen molar-refractivity contribution in [1.29, 1.82) is 0 Å². The summed E-state index contributed by atoms with van der Waals surface area (Å²) in [6.07, 6.45) is 3.44. The van der Waals surface area contributed by atoms with Crippen LogP contribution in [0.4, 0.5) is 5.82 Å². The minimum atomic E-state index is -0.852. The molecule has 0 radical (unpaired) electrons. The van der Waals surface area contributed by atoms with Gasteiger partial charge in [0.1, 0.15) is 5.82 Å². The number of aliphatic carboxylic acids is 1. The second-order valence-electron chi connectivity index (χ2n) is 4.91. The molecule has 0 aliphatic carbocycles. The molecule has 2 rings (SSSR count). The molecule has 2 heterocycles. The number of carboxylic acids is 1. The number of hydrogen-bond donors (Lipinski definition) is 3. The highest BCUT2D eigenvalue weighted by Crippen LogP contribution is 2.29. The lowest BCUT2D eigenvalue weighted by atomic mass is 9.83. The van der Waals surface area contributed by atoms with Gasteiger partial charge < -0.3 is 10.8 Å². The third-order valence-electron chi connectivity index (χ3n) is 3.40. The van der Waals surface area contributed by atoms with Crippen LogP contribution >= 0.6 is 0 Å². The van der Waals surface area contributed by atoms with Crippen molar-refractivity contribution in [2.45, 2.75) is 32.1 Å². The van der Waals surface area contributed by atoms with Crippen LogP contribution in [0.5, 0.6) is 0 Å². The molecule has 0 spiro atoms. The summed E-state index contributed by atoms with van der Waals surface area (Å²) in [4.78, 5) is 15.6. The lowest BCUT2D eigenvalue weighted by Crippen LogP contribution is -2.25. The maximum absolute atomic E-state index is 11.5. The average molecular weight is 290 g/mol. The highest BCUT2D eigenvalue weighted by atomic mass is 16.4. The van der Waals surface area contributed by atoms with Crippen molar-refractivity contribution in [3.05, 3.63) is 29.7 Å². The quantitative estimate of drug-likeness (QED) is 0.693. The molecule has 0 aromatic carbocycles. The molecule has 112 valence electrons. The van der Waals surface area contributed by atoms with Crippen LogP contribution in [0, 0.1) is 5.92 Å². The molecular weight excluding hydrogens is 272 g/mol. The summed E-state index contributed by atoms with van der Waals surface area (Å²) in [6, 6.07) is 3.53. The van der Waals surface area contributed by atoms with E-state index in [2.05, 4.69) is 25.6 Å². The minimum Gasteiger partial charge on any atom is -0.481 e. The monoisotopic (exact) mass is 290 g/mol. The Labute approximate surface area is 121 Å². The molecule has 0 unspecified atom stereocenters. The number of nitrogens with one attached hydrogen (secondary N) is 1. The molecule has 8 nitrogen and oxygen atoms in total. The molecule has 0 bridgehead atoms. The number of tetrazole rings is 1. The van der Waals surface area contributed by atoms with Crippen LogP contribution < -0.4 is 5.73 Å². The molecule has 8 heteroatoms. The van der Waals surface area contributed by atoms with Crippen LogP contribution in [0.2, 0.25) is 0 Å². The SMILES string of the molecule is CCC[C@H](C(=O)O)[C@H](Cc1ccc(N)nc1)c1nn[nH]n1. The van der Waals surface area contributed by atoms with Crippen LogP contribution in [0.25, 0.3) is 0 Å². The topological polar surface area (TPSA) is 131 Å². The summed E-state index contributed by atoms with van der Waals surface area (Å²) in [5, 5.41) is 23.3. The minimum absolute atomic E-state index is 0.355. The fourth-order valence-corrected chi connectivity index (χ4v) is 2.36. The zero-order valence-electron chi connectivity index (χ0n) is 11.7. The molecule has 21 heavy (non-hydrogen) atoms. The van der Waals surface area contributed by atoms with E-state index >= 15 is 0 Å². The molecule has 4 N–H and O–H groups in total. The van der Waals surface area contributed by atoms with E-state index in [1.807, 2.05) is 13.0 Å². The van der Waals surface area contributed by atoms with Crippen molar-refractivity contribution in [1.82, 2.24) is 25.6 Å². The summed E-state index contributed by atoms with van der Waals surface area (Å²) in [6.45, 7) is 1.95. The van der Waals surface area contributed by atoms with E-state index in [4.69, 9.17) is 5.73 Å². The average Bonchev–Trinajstić information content (AvgIpc) is 2.98. The summed E-state index contributed by atoms with van der Waals surface area (Å²) < 4.78 is 0. The van der Waals surface area contributed by atoms with Gasteiger partial charge in [0.2, 0.25) is 0 Å². The summed E-state index contributed by atoms with van der Waals surface area (Å²) >= 11 is 0. The molecule has 2 aromatic heterocycles. The number of aromatic amines is 1. The van der Waals surface area contributed by atoms with E-state index in [-0.39, 0.29) is 5.92 Å². The molecule has 0 fully saturated rings. The van der Waals surface area contributed by atoms with Gasteiger partial charge in [0.05, 0.1) is 5.92 Å². The number of aromatic nitrogens is 5. The van der Waals surface area contributed by atoms with Gasteiger partial charge in [0.25, 0.3) is 0 Å². The molecule has 0 saturated carbocycles. The molecular formula is C13H18N6O2. The Balaban J connectivity index is 2.27. The molecule has 0 aliphatic rings. The Morgan fingerprint density at radius 3 is 2.81 bits per heavy atom. The maximum atomic E-state index is 11.5. The first kappa shape index (κ1) is 14.9. The molecule has 0 amide bonds. The Kier molecular flexibility index (Phi) is 4.81. The third kappa shape index (κ3) is 3.74. The first-order valence-electron chi connectivity index (χ1n) is 6.78. The Bertz CT molecular complexity index is 569. The number of pyridine rings is 1. The second-order valence-corrected chi connectivity index (χ2v) is 4.91. The smallest absolute Gasteiger partial charge is 0.307 e. The van der Waals surface area contributed by atoms with E-state index in [9.17, 15) is 9.90 Å². The molecule has 2 atom stereocenters. The van der Waals surface area contributed by atoms with E-state index in [1.54, 1.807) is 12.3 Å². The van der Waals surface area contributed by atoms with Crippen molar-refractivity contribution in [3.8, 4) is 0 Å². The lowest BCUT2D eigenvalue weighted by molar-refractivity contribution is -0.142. The van der Waals surface area contributed by atoms with Crippen LogP contribution in [0.15, 0.2) is 18.3 Å². The lowest BCUT2D eigenvalue weighted by Gasteiger charge is -2.20. The van der Waals surface area contributed by atoms with Gasteiger partial charge in [-0.1, -0.05) is 24.6 Å². The Morgan fingerprint density at radius 1 is 1.48 bits per heavy atom. The second kappa shape index (κ2) is 6.78. The van der Waals surface area contributed by atoms with Crippen LogP contribution in [0.1, 0.15) is 37.1 Å². The number of nitrogens with two attached hydrogens (primary N) is 1. The van der Waals surface area contributed by atoms with E-state index in [0.29, 0.717) is 24.5 Å². The van der Waals surface area contributed by atoms with Gasteiger partial charge in [0.15, 0.2) is 5.82 Å². The first-order chi connectivity index (χ1) is 10.1. The zero-order valence-corrected chi connectivity index (χ0v) is 11.7. The summed E-state index contributed by atoms with van der Waals surface area (Å²) in [5.41, 5.74) is 6.45. The maximum Gasteiger partial charge on any atom is 0.307 e. The van der Waals surface area contributed by atoms with Crippen molar-refractivity contribution in [3.63, 3.8) is 0 Å². The van der Waals surface area contributed by atoms with E-state index in [1.165, 1.54) is 0 Å². The zero-order chi connectivity index (χ0) is 15.2. The van der Waals surface area contributed by atoms with Crippen LogP contribution in [-0.2, 0) is 11.2 Å². The number of anilines is 1. The van der Waals surface area contributed by atoms with Crippen molar-refractivity contribution < 1.29 is 9.90 Å². The van der Waals surface area contributed by atoms with Crippen molar-refractivity contribution in [2.24, 2.45) is 5.92 Å². The standard InChI is InChI=1S/C13H18N6O2/c1-2-3-9(13(20)21)10(12-16-18-19-17-12)6-8-4-5-11(14)15-7-8/h4-5,7,9-10H,2-3,6H2,1H3,(H2,14,15)(H,20,21)(H,16,17,18,19)/t9-,10-/m0/s1. The molecule has 0 aliphatic heterocycles. The van der Waals surface area contributed by atoms with E-state index in [0.717, 1.165) is 12.0 Å². The number of carbonyl (C=O) groups is 1. The van der Waals surface area contributed by atoms with E-state index < -0.39 is 11.9 Å². The summed E-state index contributed by atoms with van der Waals surface area (Å²) in [7, 11) is 0. The Hall–Kier alpha value is -2.51. The normalized spacial score (nSPS) is 13.8. The molecule has 0 saturated heterocycles. The number of hydrogen-bond acceptors (Lipinski definition) is 6. The fourth-order valence-electron chi connectivity index (χ4n) is 2.36. The van der Waals surface area contributed by atoms with Gasteiger partial charge in [-0.05, 0) is 24.5 Å². The van der Waals surface area contributed by atoms with Gasteiger partial charge in [-0.3, -0.25) is 4.79 Å². The van der Waals surface area contributed by atoms with Gasteiger partial charge in [0, 0.05) is 12.1 Å². The fraction of sp³-hybridized carbons (Fsp3) is 0.462. The number of carboxylic acid groups (broad SMARTS) is 1. The van der Waals surface area contributed by atoms with Crippen LogP contribution in [-0.4, -0.2) is 36.7 Å². The molecule has 2 aromatic rings. The number of rotatable bonds is 7. The van der Waals surface area contributed by atoms with Gasteiger partial charge in [-0.2, -0.15) is 5.21 Å². The summed E-state index contributed by atoms with van der Waals surface area (Å²) in [5.74, 6) is -0.933. The van der Waals surface area contributed by atoms with Gasteiger partial charge >= 0.3 is 5.97 Å². The van der Waals surface area contributed by atoms with Gasteiger partial charge in [-0.25, -0.2) is 4.98 Å². The third-order valence-corrected chi connectivity index (χ3v) is 3.40. The highest BCUT2D eigenvalue weighted by molar-refractivity contribution is 5.71. The van der Waals surface area contributed by atoms with Crippen molar-refractivity contribution >= 4 is 11.8 Å². The highest BCUT2D eigenvalue weighted by Gasteiger charge is 2.31. The predicted molar refractivity (Wildman–Crippen MR) is 75.3 cm³/mol. The predicted octanol–water partition coefficient (Wildman–Crippen LogP) is 1.00. The number of H-pyrrole nitrogens is 1. The number of nitrogen functional groups attached to an aromatic ring is 1. The van der Waals surface area contributed by atoms with Gasteiger partial charge in [-0.15, -0.1) is 10.2 Å². The largest absolute Gasteiger partial charge is 0.481 e. The number of nitrogens with zero attached hydrogens (tertiary/aromatic N) is 4. The first-order valence-corrected chi connectivity index (χ1v) is 6.78. The Morgan fingerprint density at radius 2 is 2.29 bits per heavy atom. The van der Waals surface area contributed by atoms with Crippen LogP contribution in [0.3, 0.4) is 0 Å². The van der Waals surface area contributed by atoms with Crippen molar-refractivity contribution in [2.75, 3.05) is 5.73 Å².